The van der Waals surface area contributed by atoms with Crippen LogP contribution in [0.4, 0.5) is 0 Å². The van der Waals surface area contributed by atoms with Crippen molar-refractivity contribution in [3.8, 4) is 12.3 Å². The molecule has 0 saturated carbocycles. The summed E-state index contributed by atoms with van der Waals surface area (Å²) >= 11 is 0. The maximum Gasteiger partial charge on any atom is 0.00981 e. The van der Waals surface area contributed by atoms with Crippen LogP contribution in [0.15, 0.2) is 0 Å². The zero-order valence-electron chi connectivity index (χ0n) is 6.82. The first-order chi connectivity index (χ1) is 4.91. The largest absolute Gasteiger partial charge is 0.317 e. The van der Waals surface area contributed by atoms with Crippen LogP contribution in [0.1, 0.15) is 32.6 Å². The van der Waals surface area contributed by atoms with Crippen molar-refractivity contribution in [1.82, 2.24) is 5.32 Å². The molecule has 0 heterocycles. The van der Waals surface area contributed by atoms with Gasteiger partial charge in [-0.05, 0) is 25.9 Å². The molecule has 1 heteroatoms. The molecule has 0 fully saturated rings. The Balaban J connectivity index is 2.72. The third-order valence-corrected chi connectivity index (χ3v) is 1.38. The summed E-state index contributed by atoms with van der Waals surface area (Å²) in [6, 6.07) is 0. The van der Waals surface area contributed by atoms with E-state index in [9.17, 15) is 0 Å². The average Bonchev–Trinajstić information content (AvgIpc) is 1.97. The molecule has 0 bridgehead atoms. The van der Waals surface area contributed by atoms with Crippen molar-refractivity contribution < 1.29 is 0 Å². The van der Waals surface area contributed by atoms with E-state index >= 15 is 0 Å². The van der Waals surface area contributed by atoms with Gasteiger partial charge in [0.1, 0.15) is 0 Å². The predicted octanol–water partition coefficient (Wildman–Crippen LogP) is 1.79. The molecule has 0 atom stereocenters. The Hall–Kier alpha value is -0.480. The quantitative estimate of drug-likeness (QED) is 0.437. The molecule has 58 valence electrons. The standard InChI is InChI=1S/C9H17N/c1-3-5-7-9-10-8-6-4-2/h1,10H,4-9H2,2H3. The smallest absolute Gasteiger partial charge is 0.00981 e. The van der Waals surface area contributed by atoms with E-state index in [0.717, 1.165) is 25.9 Å². The fourth-order valence-electron chi connectivity index (χ4n) is 0.742. The zero-order chi connectivity index (χ0) is 7.66. The average molecular weight is 139 g/mol. The van der Waals surface area contributed by atoms with Crippen molar-refractivity contribution in [2.45, 2.75) is 32.6 Å². The van der Waals surface area contributed by atoms with Crippen LogP contribution < -0.4 is 5.32 Å². The Kier molecular flexibility index (Phi) is 8.11. The molecule has 0 rings (SSSR count). The van der Waals surface area contributed by atoms with Crippen LogP contribution in [-0.4, -0.2) is 13.1 Å². The van der Waals surface area contributed by atoms with Crippen LogP contribution in [0, 0.1) is 12.3 Å². The summed E-state index contributed by atoms with van der Waals surface area (Å²) in [6.07, 6.45) is 9.64. The number of terminal acetylenes is 1. The van der Waals surface area contributed by atoms with Gasteiger partial charge in [0.05, 0.1) is 0 Å². The maximum absolute atomic E-state index is 5.09. The Morgan fingerprint density at radius 3 is 2.60 bits per heavy atom. The van der Waals surface area contributed by atoms with Crippen LogP contribution in [0.25, 0.3) is 0 Å². The molecular weight excluding hydrogens is 122 g/mol. The molecule has 0 aromatic rings. The van der Waals surface area contributed by atoms with Crippen LogP contribution in [-0.2, 0) is 0 Å². The lowest BCUT2D eigenvalue weighted by Crippen LogP contribution is -2.16. The van der Waals surface area contributed by atoms with Crippen LogP contribution >= 0.6 is 0 Å². The summed E-state index contributed by atoms with van der Waals surface area (Å²) in [5.74, 6) is 2.62. The predicted molar refractivity (Wildman–Crippen MR) is 45.8 cm³/mol. The summed E-state index contributed by atoms with van der Waals surface area (Å²) in [5, 5.41) is 3.33. The molecule has 0 aromatic carbocycles. The van der Waals surface area contributed by atoms with Gasteiger partial charge < -0.3 is 5.32 Å². The third-order valence-electron chi connectivity index (χ3n) is 1.38. The number of nitrogens with one attached hydrogen (secondary N) is 1. The first kappa shape index (κ1) is 9.52. The van der Waals surface area contributed by atoms with E-state index in [0.29, 0.717) is 0 Å². The lowest BCUT2D eigenvalue weighted by molar-refractivity contribution is 0.623. The van der Waals surface area contributed by atoms with Crippen molar-refractivity contribution in [3.05, 3.63) is 0 Å². The van der Waals surface area contributed by atoms with E-state index in [-0.39, 0.29) is 0 Å². The summed E-state index contributed by atoms with van der Waals surface area (Å²) in [5.41, 5.74) is 0. The lowest BCUT2D eigenvalue weighted by atomic mass is 10.3. The highest BCUT2D eigenvalue weighted by molar-refractivity contribution is 4.83. The molecule has 0 aromatic heterocycles. The monoisotopic (exact) mass is 139 g/mol. The second kappa shape index (κ2) is 8.52. The van der Waals surface area contributed by atoms with E-state index in [2.05, 4.69) is 18.2 Å². The van der Waals surface area contributed by atoms with Gasteiger partial charge in [-0.15, -0.1) is 12.3 Å². The van der Waals surface area contributed by atoms with Gasteiger partial charge in [-0.2, -0.15) is 0 Å². The van der Waals surface area contributed by atoms with Crippen LogP contribution in [0.2, 0.25) is 0 Å². The second-order valence-corrected chi connectivity index (χ2v) is 2.41. The van der Waals surface area contributed by atoms with Crippen molar-refractivity contribution in [2.75, 3.05) is 13.1 Å². The molecule has 10 heavy (non-hydrogen) atoms. The van der Waals surface area contributed by atoms with Gasteiger partial charge in [0.25, 0.3) is 0 Å². The Labute approximate surface area is 64.2 Å². The van der Waals surface area contributed by atoms with Gasteiger partial charge in [0.2, 0.25) is 0 Å². The van der Waals surface area contributed by atoms with Crippen molar-refractivity contribution >= 4 is 0 Å². The number of hydrogen-bond acceptors (Lipinski definition) is 1. The second-order valence-electron chi connectivity index (χ2n) is 2.41. The van der Waals surface area contributed by atoms with Crippen molar-refractivity contribution in [2.24, 2.45) is 0 Å². The normalized spacial score (nSPS) is 9.20. The van der Waals surface area contributed by atoms with Gasteiger partial charge in [-0.3, -0.25) is 0 Å². The summed E-state index contributed by atoms with van der Waals surface area (Å²) in [6.45, 7) is 4.41. The Morgan fingerprint density at radius 2 is 2.00 bits per heavy atom. The van der Waals surface area contributed by atoms with E-state index in [1.54, 1.807) is 0 Å². The van der Waals surface area contributed by atoms with E-state index in [4.69, 9.17) is 6.42 Å². The topological polar surface area (TPSA) is 12.0 Å². The first-order valence-electron chi connectivity index (χ1n) is 4.06. The Bertz CT molecular complexity index is 91.4. The SMILES string of the molecule is C#CCCCNCCCC. The highest BCUT2D eigenvalue weighted by Crippen LogP contribution is 1.85. The summed E-state index contributed by atoms with van der Waals surface area (Å²) < 4.78 is 0. The van der Waals surface area contributed by atoms with Crippen molar-refractivity contribution in [3.63, 3.8) is 0 Å². The first-order valence-corrected chi connectivity index (χ1v) is 4.06. The number of hydrogen-bond donors (Lipinski definition) is 1. The molecule has 0 spiro atoms. The zero-order valence-corrected chi connectivity index (χ0v) is 6.82. The van der Waals surface area contributed by atoms with E-state index < -0.39 is 0 Å². The highest BCUT2D eigenvalue weighted by Gasteiger charge is 1.84. The van der Waals surface area contributed by atoms with Crippen molar-refractivity contribution in [1.29, 1.82) is 0 Å². The molecule has 0 saturated heterocycles. The molecule has 0 radical (unpaired) electrons. The molecule has 1 N–H and O–H groups in total. The fraction of sp³-hybridized carbons (Fsp3) is 0.778. The fourth-order valence-corrected chi connectivity index (χ4v) is 0.742. The Morgan fingerprint density at radius 1 is 1.30 bits per heavy atom. The minimum absolute atomic E-state index is 0.902. The minimum atomic E-state index is 0.902. The van der Waals surface area contributed by atoms with Gasteiger partial charge in [0.15, 0.2) is 0 Å². The van der Waals surface area contributed by atoms with Gasteiger partial charge >= 0.3 is 0 Å². The minimum Gasteiger partial charge on any atom is -0.317 e. The molecule has 0 aliphatic heterocycles. The maximum atomic E-state index is 5.09. The number of unbranched alkanes of at least 4 members (excludes halogenated alkanes) is 2. The van der Waals surface area contributed by atoms with Gasteiger partial charge in [0, 0.05) is 6.42 Å². The summed E-state index contributed by atoms with van der Waals surface area (Å²) in [4.78, 5) is 0. The van der Waals surface area contributed by atoms with Crippen LogP contribution in [0.3, 0.4) is 0 Å². The van der Waals surface area contributed by atoms with Crippen LogP contribution in [0.5, 0.6) is 0 Å². The third kappa shape index (κ3) is 7.52. The highest BCUT2D eigenvalue weighted by atomic mass is 14.8. The molecule has 0 unspecified atom stereocenters. The lowest BCUT2D eigenvalue weighted by Gasteiger charge is -1.99. The molecular formula is C9H17N. The summed E-state index contributed by atoms with van der Waals surface area (Å²) in [7, 11) is 0. The van der Waals surface area contributed by atoms with Gasteiger partial charge in [-0.1, -0.05) is 13.3 Å². The van der Waals surface area contributed by atoms with Gasteiger partial charge in [-0.25, -0.2) is 0 Å². The van der Waals surface area contributed by atoms with E-state index in [1.807, 2.05) is 0 Å². The molecule has 0 amide bonds. The van der Waals surface area contributed by atoms with E-state index in [1.165, 1.54) is 12.8 Å². The molecule has 1 nitrogen and oxygen atoms in total. The molecule has 0 aliphatic rings. The number of rotatable bonds is 6. The molecule has 0 aliphatic carbocycles.